The molecule has 0 heterocycles. The molecule has 3 nitrogen and oxygen atoms in total. The Balaban J connectivity index is 2.04. The van der Waals surface area contributed by atoms with Gasteiger partial charge in [-0.1, -0.05) is 36.4 Å². The number of hydrogen-bond acceptors (Lipinski definition) is 2. The molecule has 24 heavy (non-hydrogen) atoms. The van der Waals surface area contributed by atoms with Gasteiger partial charge in [0, 0.05) is 17.5 Å². The average Bonchev–Trinajstić information content (AvgIpc) is 2.62. The van der Waals surface area contributed by atoms with Gasteiger partial charge in [0.15, 0.2) is 11.6 Å². The molecule has 0 saturated heterocycles. The first kappa shape index (κ1) is 16.0. The van der Waals surface area contributed by atoms with Gasteiger partial charge in [-0.15, -0.1) is 0 Å². The minimum absolute atomic E-state index is 0.125. The zero-order chi connectivity index (χ0) is 17.1. The van der Waals surface area contributed by atoms with Crippen LogP contribution >= 0.6 is 0 Å². The molecule has 0 bridgehead atoms. The Bertz CT molecular complexity index is 886. The Hall–Kier alpha value is -2.88. The van der Waals surface area contributed by atoms with E-state index in [1.165, 1.54) is 19.2 Å². The van der Waals surface area contributed by atoms with E-state index in [1.807, 2.05) is 49.4 Å². The number of nitrogens with zero attached hydrogens (tertiary/aromatic N) is 1. The Morgan fingerprint density at radius 3 is 2.54 bits per heavy atom. The average molecular weight is 323 g/mol. The van der Waals surface area contributed by atoms with Crippen LogP contribution in [0.5, 0.6) is 5.75 Å². The van der Waals surface area contributed by atoms with E-state index in [4.69, 9.17) is 4.74 Å². The van der Waals surface area contributed by atoms with Crippen LogP contribution in [0.3, 0.4) is 0 Å². The molecular formula is C20H18FNO2. The highest BCUT2D eigenvalue weighted by Crippen LogP contribution is 2.28. The number of benzene rings is 3. The second kappa shape index (κ2) is 6.71. The number of carbonyl (C=O) groups excluding carboxylic acids is 1. The summed E-state index contributed by atoms with van der Waals surface area (Å²) < 4.78 is 18.8. The normalized spacial score (nSPS) is 10.6. The molecule has 0 fully saturated rings. The zero-order valence-corrected chi connectivity index (χ0v) is 13.6. The summed E-state index contributed by atoms with van der Waals surface area (Å²) in [5.74, 6) is -0.660. The van der Waals surface area contributed by atoms with Gasteiger partial charge in [0.2, 0.25) is 0 Å². The van der Waals surface area contributed by atoms with Crippen molar-refractivity contribution in [2.24, 2.45) is 0 Å². The molecule has 122 valence electrons. The fourth-order valence-electron chi connectivity index (χ4n) is 2.82. The third-order valence-electron chi connectivity index (χ3n) is 4.02. The lowest BCUT2D eigenvalue weighted by Gasteiger charge is -2.23. The van der Waals surface area contributed by atoms with Crippen molar-refractivity contribution in [3.63, 3.8) is 0 Å². The van der Waals surface area contributed by atoms with Gasteiger partial charge in [-0.05, 0) is 36.6 Å². The molecule has 3 rings (SSSR count). The maximum atomic E-state index is 13.9. The largest absolute Gasteiger partial charge is 0.494 e. The van der Waals surface area contributed by atoms with Crippen LogP contribution in [0.1, 0.15) is 17.3 Å². The first-order valence-electron chi connectivity index (χ1n) is 7.79. The van der Waals surface area contributed by atoms with Gasteiger partial charge in [-0.2, -0.15) is 0 Å². The second-order valence-electron chi connectivity index (χ2n) is 5.40. The molecule has 0 aromatic heterocycles. The third kappa shape index (κ3) is 2.83. The second-order valence-corrected chi connectivity index (χ2v) is 5.40. The maximum Gasteiger partial charge on any atom is 0.258 e. The summed E-state index contributed by atoms with van der Waals surface area (Å²) in [5.41, 5.74) is 1.11. The van der Waals surface area contributed by atoms with Gasteiger partial charge in [0.1, 0.15) is 0 Å². The molecule has 0 saturated carbocycles. The number of halogens is 1. The lowest BCUT2D eigenvalue weighted by atomic mass is 10.1. The standard InChI is InChI=1S/C20H18FNO2/c1-3-22(18-10-6-8-14-7-4-5-9-16(14)18)20(23)15-11-12-19(24-2)17(21)13-15/h4-13H,3H2,1-2H3. The van der Waals surface area contributed by atoms with Gasteiger partial charge in [0.05, 0.1) is 12.8 Å². The van der Waals surface area contributed by atoms with E-state index in [1.54, 1.807) is 11.0 Å². The quantitative estimate of drug-likeness (QED) is 0.699. The number of anilines is 1. The zero-order valence-electron chi connectivity index (χ0n) is 13.6. The van der Waals surface area contributed by atoms with Crippen LogP contribution < -0.4 is 9.64 Å². The van der Waals surface area contributed by atoms with Crippen LogP contribution in [0, 0.1) is 5.82 Å². The van der Waals surface area contributed by atoms with E-state index in [0.29, 0.717) is 12.1 Å². The van der Waals surface area contributed by atoms with E-state index in [0.717, 1.165) is 16.5 Å². The summed E-state index contributed by atoms with van der Waals surface area (Å²) in [7, 11) is 1.40. The first-order valence-corrected chi connectivity index (χ1v) is 7.79. The summed E-state index contributed by atoms with van der Waals surface area (Å²) in [6.07, 6.45) is 0. The van der Waals surface area contributed by atoms with Crippen molar-refractivity contribution in [1.29, 1.82) is 0 Å². The van der Waals surface area contributed by atoms with Gasteiger partial charge < -0.3 is 9.64 Å². The molecule has 0 aliphatic heterocycles. The Morgan fingerprint density at radius 2 is 1.83 bits per heavy atom. The molecule has 0 aliphatic carbocycles. The highest BCUT2D eigenvalue weighted by molar-refractivity contribution is 6.10. The third-order valence-corrected chi connectivity index (χ3v) is 4.02. The predicted molar refractivity (Wildman–Crippen MR) is 94.3 cm³/mol. The lowest BCUT2D eigenvalue weighted by molar-refractivity contribution is 0.0988. The van der Waals surface area contributed by atoms with E-state index in [2.05, 4.69) is 0 Å². The fraction of sp³-hybridized carbons (Fsp3) is 0.150. The monoisotopic (exact) mass is 323 g/mol. The Kier molecular flexibility index (Phi) is 4.47. The van der Waals surface area contributed by atoms with E-state index in [9.17, 15) is 9.18 Å². The topological polar surface area (TPSA) is 29.5 Å². The number of amides is 1. The van der Waals surface area contributed by atoms with Crippen LogP contribution in [-0.4, -0.2) is 19.6 Å². The van der Waals surface area contributed by atoms with Gasteiger partial charge in [0.25, 0.3) is 5.91 Å². The molecule has 0 radical (unpaired) electrons. The Labute approximate surface area is 140 Å². The summed E-state index contributed by atoms with van der Waals surface area (Å²) in [5, 5.41) is 2.05. The minimum Gasteiger partial charge on any atom is -0.494 e. The highest BCUT2D eigenvalue weighted by atomic mass is 19.1. The van der Waals surface area contributed by atoms with Gasteiger partial charge in [-0.25, -0.2) is 4.39 Å². The van der Waals surface area contributed by atoms with E-state index < -0.39 is 5.82 Å². The van der Waals surface area contributed by atoms with Gasteiger partial charge in [-0.3, -0.25) is 4.79 Å². The van der Waals surface area contributed by atoms with Crippen molar-refractivity contribution in [2.45, 2.75) is 6.92 Å². The summed E-state index contributed by atoms with van der Waals surface area (Å²) in [4.78, 5) is 14.5. The number of hydrogen-bond donors (Lipinski definition) is 0. The van der Waals surface area contributed by atoms with Crippen molar-refractivity contribution >= 4 is 22.4 Å². The number of fused-ring (bicyclic) bond motifs is 1. The Morgan fingerprint density at radius 1 is 1.08 bits per heavy atom. The molecule has 0 spiro atoms. The number of carbonyl (C=O) groups is 1. The number of ether oxygens (including phenoxy) is 1. The van der Waals surface area contributed by atoms with E-state index >= 15 is 0 Å². The molecule has 1 amide bonds. The SMILES string of the molecule is CCN(C(=O)c1ccc(OC)c(F)c1)c1cccc2ccccc12. The fourth-order valence-corrected chi connectivity index (χ4v) is 2.82. The summed E-state index contributed by atoms with van der Waals surface area (Å²) >= 11 is 0. The van der Waals surface area contributed by atoms with Crippen LogP contribution in [0.25, 0.3) is 10.8 Å². The summed E-state index contributed by atoms with van der Waals surface area (Å²) in [6, 6.07) is 18.0. The van der Waals surface area contributed by atoms with E-state index in [-0.39, 0.29) is 11.7 Å². The van der Waals surface area contributed by atoms with Crippen molar-refractivity contribution in [1.82, 2.24) is 0 Å². The molecule has 4 heteroatoms. The van der Waals surface area contributed by atoms with Crippen LogP contribution in [0.15, 0.2) is 60.7 Å². The van der Waals surface area contributed by atoms with Crippen LogP contribution in [0.2, 0.25) is 0 Å². The first-order chi connectivity index (χ1) is 11.7. The van der Waals surface area contributed by atoms with Gasteiger partial charge >= 0.3 is 0 Å². The summed E-state index contributed by atoms with van der Waals surface area (Å²) in [6.45, 7) is 2.39. The molecule has 0 atom stereocenters. The van der Waals surface area contributed by atoms with Crippen molar-refractivity contribution in [3.8, 4) is 5.75 Å². The molecule has 0 aliphatic rings. The van der Waals surface area contributed by atoms with Crippen LogP contribution in [0.4, 0.5) is 10.1 Å². The predicted octanol–water partition coefficient (Wildman–Crippen LogP) is 4.65. The molecule has 0 N–H and O–H groups in total. The molecule has 3 aromatic carbocycles. The van der Waals surface area contributed by atoms with Crippen molar-refractivity contribution in [2.75, 3.05) is 18.6 Å². The molecular weight excluding hydrogens is 305 g/mol. The highest BCUT2D eigenvalue weighted by Gasteiger charge is 2.19. The maximum absolute atomic E-state index is 13.9. The minimum atomic E-state index is -0.544. The molecule has 0 unspecified atom stereocenters. The smallest absolute Gasteiger partial charge is 0.258 e. The molecule has 3 aromatic rings. The van der Waals surface area contributed by atoms with Crippen molar-refractivity contribution in [3.05, 3.63) is 72.0 Å². The lowest BCUT2D eigenvalue weighted by Crippen LogP contribution is -2.30. The number of methoxy groups -OCH3 is 1. The number of rotatable bonds is 4. The van der Waals surface area contributed by atoms with Crippen LogP contribution in [-0.2, 0) is 0 Å². The van der Waals surface area contributed by atoms with Crippen molar-refractivity contribution < 1.29 is 13.9 Å².